The number of hydrogen-bond donors (Lipinski definition) is 1. The minimum Gasteiger partial charge on any atom is -0.365 e. The number of primary amides is 1. The Balaban J connectivity index is 1.85. The maximum atomic E-state index is 13.5. The Labute approximate surface area is 189 Å². The molecule has 0 aliphatic carbocycles. The molecule has 1 amide bonds. The van der Waals surface area contributed by atoms with Crippen molar-refractivity contribution >= 4 is 38.9 Å². The van der Waals surface area contributed by atoms with Gasteiger partial charge in [-0.25, -0.2) is 0 Å². The monoisotopic (exact) mass is 460 g/mol. The van der Waals surface area contributed by atoms with Gasteiger partial charge in [0.1, 0.15) is 4.83 Å². The van der Waals surface area contributed by atoms with Crippen LogP contribution in [0, 0.1) is 17.0 Å². The van der Waals surface area contributed by atoms with Crippen molar-refractivity contribution in [1.29, 1.82) is 0 Å². The fourth-order valence-corrected chi connectivity index (χ4v) is 4.98. The van der Waals surface area contributed by atoms with E-state index in [4.69, 9.17) is 5.73 Å². The first-order chi connectivity index (χ1) is 15.9. The summed E-state index contributed by atoms with van der Waals surface area (Å²) >= 11 is 1.10. The predicted molar refractivity (Wildman–Crippen MR) is 124 cm³/mol. The molecule has 33 heavy (non-hydrogen) atoms. The van der Waals surface area contributed by atoms with Crippen LogP contribution < -0.4 is 11.3 Å². The Kier molecular flexibility index (Phi) is 4.75. The van der Waals surface area contributed by atoms with Gasteiger partial charge in [-0.15, -0.1) is 21.5 Å². The van der Waals surface area contributed by atoms with Crippen LogP contribution in [0.1, 0.15) is 20.8 Å². The van der Waals surface area contributed by atoms with Crippen LogP contribution in [-0.2, 0) is 6.54 Å². The first-order valence-electron chi connectivity index (χ1n) is 9.86. The lowest BCUT2D eigenvalue weighted by molar-refractivity contribution is -0.384. The van der Waals surface area contributed by atoms with E-state index in [0.717, 1.165) is 16.9 Å². The fourth-order valence-electron chi connectivity index (χ4n) is 3.83. The van der Waals surface area contributed by atoms with E-state index in [2.05, 4.69) is 10.2 Å². The molecule has 0 radical (unpaired) electrons. The minimum absolute atomic E-state index is 0.0540. The van der Waals surface area contributed by atoms with Crippen LogP contribution in [0.25, 0.3) is 27.4 Å². The Morgan fingerprint density at radius 3 is 2.45 bits per heavy atom. The van der Waals surface area contributed by atoms with Crippen LogP contribution >= 0.6 is 11.3 Å². The zero-order valence-electron chi connectivity index (χ0n) is 17.3. The molecular formula is C22H16N6O4S. The van der Waals surface area contributed by atoms with Crippen molar-refractivity contribution in [3.8, 4) is 11.4 Å². The third-order valence-electron chi connectivity index (χ3n) is 5.42. The van der Waals surface area contributed by atoms with Crippen molar-refractivity contribution in [2.24, 2.45) is 5.73 Å². The summed E-state index contributed by atoms with van der Waals surface area (Å²) in [4.78, 5) is 36.9. The van der Waals surface area contributed by atoms with Gasteiger partial charge in [-0.2, -0.15) is 0 Å². The number of fused-ring (bicyclic) bond motifs is 3. The number of rotatable bonds is 5. The van der Waals surface area contributed by atoms with Crippen molar-refractivity contribution in [3.63, 3.8) is 0 Å². The largest absolute Gasteiger partial charge is 0.365 e. The van der Waals surface area contributed by atoms with Crippen LogP contribution in [0.5, 0.6) is 0 Å². The number of amides is 1. The van der Waals surface area contributed by atoms with Crippen molar-refractivity contribution in [2.45, 2.75) is 13.5 Å². The number of thiophene rings is 1. The molecule has 2 N–H and O–H groups in total. The molecule has 10 nitrogen and oxygen atoms in total. The maximum absolute atomic E-state index is 13.5. The highest BCUT2D eigenvalue weighted by atomic mass is 32.1. The van der Waals surface area contributed by atoms with E-state index >= 15 is 0 Å². The summed E-state index contributed by atoms with van der Waals surface area (Å²) in [5.74, 6) is 0.0618. The number of aryl methyl sites for hydroxylation is 1. The zero-order chi connectivity index (χ0) is 23.3. The summed E-state index contributed by atoms with van der Waals surface area (Å²) < 4.78 is 3.20. The number of carbonyl (C=O) groups excluding carboxylic acids is 1. The van der Waals surface area contributed by atoms with E-state index in [1.807, 2.05) is 30.3 Å². The molecule has 0 spiro atoms. The van der Waals surface area contributed by atoms with E-state index in [-0.39, 0.29) is 22.7 Å². The second-order valence-electron chi connectivity index (χ2n) is 7.44. The standard InChI is InChI=1S/C22H16N6O4S/c1-12-16-20(30)26(11-13-5-3-2-4-6-13)22-25-24-19(14-7-9-15(10-8-14)28(31)32)27(22)21(16)33-17(12)18(23)29/h2-10H,11H2,1H3,(H2,23,29). The van der Waals surface area contributed by atoms with Crippen LogP contribution in [-0.4, -0.2) is 30.0 Å². The SMILES string of the molecule is Cc1c(C(N)=O)sc2c1c(=O)n(Cc1ccccc1)c1nnc(-c3ccc([N+](=O)[O-])cc3)n21. The van der Waals surface area contributed by atoms with Crippen LogP contribution in [0.2, 0.25) is 0 Å². The average Bonchev–Trinajstić information content (AvgIpc) is 3.39. The quantitative estimate of drug-likeness (QED) is 0.316. The molecule has 3 heterocycles. The third kappa shape index (κ3) is 3.26. The summed E-state index contributed by atoms with van der Waals surface area (Å²) in [6.45, 7) is 1.94. The van der Waals surface area contributed by atoms with Gasteiger partial charge in [-0.05, 0) is 30.2 Å². The molecule has 0 atom stereocenters. The Bertz CT molecular complexity index is 1620. The molecule has 0 bridgehead atoms. The maximum Gasteiger partial charge on any atom is 0.269 e. The lowest BCUT2D eigenvalue weighted by Gasteiger charge is -2.10. The molecule has 5 aromatic rings. The highest BCUT2D eigenvalue weighted by Crippen LogP contribution is 2.32. The summed E-state index contributed by atoms with van der Waals surface area (Å²) in [6, 6.07) is 15.3. The molecule has 0 aliphatic rings. The van der Waals surface area contributed by atoms with Gasteiger partial charge in [-0.3, -0.25) is 28.7 Å². The minimum atomic E-state index is -0.624. The van der Waals surface area contributed by atoms with E-state index in [0.29, 0.717) is 32.9 Å². The smallest absolute Gasteiger partial charge is 0.269 e. The molecule has 3 aromatic heterocycles. The molecule has 0 aliphatic heterocycles. The van der Waals surface area contributed by atoms with E-state index in [1.54, 1.807) is 23.5 Å². The number of non-ortho nitro benzene ring substituents is 1. The summed E-state index contributed by atoms with van der Waals surface area (Å²) in [6.07, 6.45) is 0. The molecule has 164 valence electrons. The molecule has 5 rings (SSSR count). The second-order valence-corrected chi connectivity index (χ2v) is 8.44. The zero-order valence-corrected chi connectivity index (χ0v) is 18.1. The number of nitrogens with two attached hydrogens (primary N) is 1. The van der Waals surface area contributed by atoms with Crippen molar-refractivity contribution < 1.29 is 9.72 Å². The van der Waals surface area contributed by atoms with Gasteiger partial charge >= 0.3 is 0 Å². The Morgan fingerprint density at radius 1 is 1.12 bits per heavy atom. The molecular weight excluding hydrogens is 444 g/mol. The van der Waals surface area contributed by atoms with Crippen LogP contribution in [0.15, 0.2) is 59.4 Å². The molecule has 0 fully saturated rings. The van der Waals surface area contributed by atoms with Gasteiger partial charge in [0.05, 0.1) is 21.7 Å². The van der Waals surface area contributed by atoms with E-state index in [1.165, 1.54) is 16.7 Å². The summed E-state index contributed by atoms with van der Waals surface area (Å²) in [5, 5.41) is 20.0. The average molecular weight is 460 g/mol. The number of aromatic nitrogens is 4. The number of carbonyl (C=O) groups is 1. The summed E-state index contributed by atoms with van der Waals surface area (Å²) in [7, 11) is 0. The number of benzene rings is 2. The second kappa shape index (κ2) is 7.64. The molecule has 0 saturated carbocycles. The van der Waals surface area contributed by atoms with Crippen molar-refractivity contribution in [2.75, 3.05) is 0 Å². The van der Waals surface area contributed by atoms with Crippen molar-refractivity contribution in [3.05, 3.63) is 91.1 Å². The Hall–Kier alpha value is -4.38. The number of nitrogens with zero attached hydrogens (tertiary/aromatic N) is 5. The van der Waals surface area contributed by atoms with Gasteiger partial charge < -0.3 is 5.73 Å². The highest BCUT2D eigenvalue weighted by Gasteiger charge is 2.24. The lowest BCUT2D eigenvalue weighted by atomic mass is 10.2. The molecule has 0 unspecified atom stereocenters. The Morgan fingerprint density at radius 2 is 1.82 bits per heavy atom. The molecule has 11 heteroatoms. The molecule has 0 saturated heterocycles. The van der Waals surface area contributed by atoms with E-state index < -0.39 is 10.8 Å². The fraction of sp³-hybridized carbons (Fsp3) is 0.0909. The number of hydrogen-bond acceptors (Lipinski definition) is 7. The van der Waals surface area contributed by atoms with E-state index in [9.17, 15) is 19.7 Å². The topological polar surface area (TPSA) is 138 Å². The lowest BCUT2D eigenvalue weighted by Crippen LogP contribution is -2.24. The van der Waals surface area contributed by atoms with Crippen molar-refractivity contribution in [1.82, 2.24) is 19.2 Å². The normalized spacial score (nSPS) is 11.3. The van der Waals surface area contributed by atoms with Gasteiger partial charge in [0.2, 0.25) is 5.78 Å². The molecule has 2 aromatic carbocycles. The van der Waals surface area contributed by atoms with Crippen LogP contribution in [0.3, 0.4) is 0 Å². The first-order valence-corrected chi connectivity index (χ1v) is 10.7. The van der Waals surface area contributed by atoms with Gasteiger partial charge in [0.15, 0.2) is 5.82 Å². The van der Waals surface area contributed by atoms with Gasteiger partial charge in [-0.1, -0.05) is 30.3 Å². The summed E-state index contributed by atoms with van der Waals surface area (Å²) in [5.41, 5.74) is 7.17. The number of nitro groups is 1. The third-order valence-corrected chi connectivity index (χ3v) is 6.71. The number of nitro benzene ring substituents is 1. The predicted octanol–water partition coefficient (Wildman–Crippen LogP) is 3.14. The van der Waals surface area contributed by atoms with Gasteiger partial charge in [0.25, 0.3) is 17.2 Å². The van der Waals surface area contributed by atoms with Gasteiger partial charge in [0, 0.05) is 17.7 Å². The first kappa shape index (κ1) is 20.5. The highest BCUT2D eigenvalue weighted by molar-refractivity contribution is 7.20. The van der Waals surface area contributed by atoms with Crippen LogP contribution in [0.4, 0.5) is 5.69 Å².